The molecule has 9 heteroatoms. The van der Waals surface area contributed by atoms with Crippen LogP contribution < -0.4 is 0 Å². The molecule has 1 aromatic heterocycles. The molecule has 4 N–H and O–H groups in total. The van der Waals surface area contributed by atoms with Crippen molar-refractivity contribution in [1.82, 2.24) is 14.8 Å². The monoisotopic (exact) mass is 550 g/mol. The van der Waals surface area contributed by atoms with Crippen LogP contribution in [-0.2, 0) is 10.1 Å². The first-order valence-electron chi connectivity index (χ1n) is 12.9. The second-order valence-corrected chi connectivity index (χ2v) is 10.6. The van der Waals surface area contributed by atoms with E-state index in [0.717, 1.165) is 16.7 Å². The van der Waals surface area contributed by atoms with Crippen LogP contribution in [0.25, 0.3) is 0 Å². The van der Waals surface area contributed by atoms with Crippen LogP contribution in [0.4, 0.5) is 0 Å². The summed E-state index contributed by atoms with van der Waals surface area (Å²) in [6, 6.07) is 30.6. The minimum Gasteiger partial charge on any atom is -0.390 e. The molecular formula is C30H37N3O5P+. The van der Waals surface area contributed by atoms with Gasteiger partial charge in [-0.2, -0.15) is 5.10 Å². The zero-order valence-corrected chi connectivity index (χ0v) is 23.5. The largest absolute Gasteiger partial charge is 0.692 e. The molecule has 0 spiro atoms. The van der Waals surface area contributed by atoms with Gasteiger partial charge in [0.05, 0.1) is 6.10 Å². The van der Waals surface area contributed by atoms with Crippen molar-refractivity contribution in [2.45, 2.75) is 45.4 Å². The standard InChI is InChI=1S/C30H35N3O2.HO3P/c1-21(2)26(22(3)4)27(34)28(35)29-31-20-33(32-29)30(23-14-8-5-9-15-23,24-16-10-6-11-17-24)25-18-12-7-13-19-25;1-4(2)3/h5-22,26-28,34-35H,1-4H3;(H-,1,2,3)/p+1. The van der Waals surface area contributed by atoms with Gasteiger partial charge in [0.2, 0.25) is 0 Å². The molecule has 8 nitrogen and oxygen atoms in total. The molecule has 3 aromatic carbocycles. The third-order valence-corrected chi connectivity index (χ3v) is 6.95. The Bertz CT molecular complexity index is 1190. The van der Waals surface area contributed by atoms with E-state index in [0.29, 0.717) is 0 Å². The Labute approximate surface area is 230 Å². The molecule has 0 fully saturated rings. The van der Waals surface area contributed by atoms with Crippen LogP contribution in [0, 0.1) is 17.8 Å². The van der Waals surface area contributed by atoms with Crippen molar-refractivity contribution in [1.29, 1.82) is 0 Å². The number of hydrogen-bond acceptors (Lipinski definition) is 5. The summed E-state index contributed by atoms with van der Waals surface area (Å²) < 4.78 is 10.5. The molecule has 0 amide bonds. The summed E-state index contributed by atoms with van der Waals surface area (Å²) in [5.41, 5.74) is 2.25. The number of aromatic nitrogens is 3. The van der Waals surface area contributed by atoms with Crippen LogP contribution in [0.3, 0.4) is 0 Å². The minimum absolute atomic E-state index is 0.0842. The second-order valence-electron chi connectivity index (χ2n) is 10.1. The third-order valence-electron chi connectivity index (χ3n) is 6.95. The van der Waals surface area contributed by atoms with Crippen LogP contribution in [0.1, 0.15) is 56.3 Å². The molecule has 0 saturated carbocycles. The van der Waals surface area contributed by atoms with Gasteiger partial charge in [-0.25, -0.2) is 9.67 Å². The Morgan fingerprint density at radius 2 is 1.08 bits per heavy atom. The third kappa shape index (κ3) is 6.85. The first-order valence-corrected chi connectivity index (χ1v) is 14.1. The molecule has 4 rings (SSSR count). The average Bonchev–Trinajstić information content (AvgIpc) is 3.40. The van der Waals surface area contributed by atoms with E-state index in [9.17, 15) is 10.2 Å². The molecule has 4 aromatic rings. The van der Waals surface area contributed by atoms with Crippen molar-refractivity contribution >= 4 is 8.25 Å². The van der Waals surface area contributed by atoms with Gasteiger partial charge in [-0.05, 0) is 34.4 Å². The van der Waals surface area contributed by atoms with Gasteiger partial charge in [0.25, 0.3) is 0 Å². The molecule has 0 saturated heterocycles. The summed E-state index contributed by atoms with van der Waals surface area (Å²) in [5, 5.41) is 27.1. The maximum absolute atomic E-state index is 11.2. The summed E-state index contributed by atoms with van der Waals surface area (Å²) in [4.78, 5) is 18.8. The topological polar surface area (TPSA) is 129 Å². The van der Waals surface area contributed by atoms with Crippen molar-refractivity contribution < 1.29 is 24.6 Å². The molecule has 0 radical (unpaired) electrons. The molecule has 39 heavy (non-hydrogen) atoms. The van der Waals surface area contributed by atoms with E-state index in [4.69, 9.17) is 19.5 Å². The normalized spacial score (nSPS) is 13.2. The number of rotatable bonds is 9. The Balaban J connectivity index is 0.000000983. The van der Waals surface area contributed by atoms with Crippen molar-refractivity contribution in [3.63, 3.8) is 0 Å². The van der Waals surface area contributed by atoms with Crippen molar-refractivity contribution in [2.24, 2.45) is 17.8 Å². The molecule has 206 valence electrons. The molecule has 2 atom stereocenters. The van der Waals surface area contributed by atoms with Gasteiger partial charge in [-0.1, -0.05) is 119 Å². The van der Waals surface area contributed by atoms with Crippen LogP contribution in [0.2, 0.25) is 0 Å². The van der Waals surface area contributed by atoms with Crippen molar-refractivity contribution in [3.8, 4) is 0 Å². The van der Waals surface area contributed by atoms with Crippen LogP contribution in [0.15, 0.2) is 97.3 Å². The Morgan fingerprint density at radius 1 is 0.718 bits per heavy atom. The quantitative estimate of drug-likeness (QED) is 0.169. The Morgan fingerprint density at radius 3 is 1.41 bits per heavy atom. The van der Waals surface area contributed by atoms with E-state index >= 15 is 0 Å². The van der Waals surface area contributed by atoms with E-state index in [1.165, 1.54) is 0 Å². The van der Waals surface area contributed by atoms with Crippen LogP contribution in [-0.4, -0.2) is 40.9 Å². The van der Waals surface area contributed by atoms with Gasteiger partial charge in [0.1, 0.15) is 18.0 Å². The lowest BCUT2D eigenvalue weighted by atomic mass is 9.77. The molecule has 1 heterocycles. The molecule has 0 aliphatic rings. The van der Waals surface area contributed by atoms with Crippen LogP contribution >= 0.6 is 8.25 Å². The summed E-state index contributed by atoms with van der Waals surface area (Å²) in [6.07, 6.45) is -0.491. The van der Waals surface area contributed by atoms with Gasteiger partial charge >= 0.3 is 8.25 Å². The van der Waals surface area contributed by atoms with Crippen molar-refractivity contribution in [3.05, 3.63) is 120 Å². The van der Waals surface area contributed by atoms with Gasteiger partial charge in [-0.3, -0.25) is 0 Å². The lowest BCUT2D eigenvalue weighted by Gasteiger charge is -2.36. The summed E-state index contributed by atoms with van der Waals surface area (Å²) in [5.74, 6) is 0.549. The van der Waals surface area contributed by atoms with Gasteiger partial charge < -0.3 is 10.2 Å². The first kappa shape index (κ1) is 30.3. The van der Waals surface area contributed by atoms with Gasteiger partial charge in [-0.15, -0.1) is 9.79 Å². The highest BCUT2D eigenvalue weighted by Crippen LogP contribution is 2.40. The SMILES string of the molecule is CC(C)C(C(C)C)C(O)C(O)c1ncn(C(c2ccccc2)(c2ccccc2)c2ccccc2)n1.O=[P+](O)O. The number of benzene rings is 3. The smallest absolute Gasteiger partial charge is 0.390 e. The second kappa shape index (κ2) is 13.7. The fourth-order valence-electron chi connectivity index (χ4n) is 5.43. The van der Waals surface area contributed by atoms with E-state index in [1.54, 1.807) is 6.33 Å². The lowest BCUT2D eigenvalue weighted by molar-refractivity contribution is -0.0499. The maximum Gasteiger partial charge on any atom is 0.692 e. The molecule has 2 unspecified atom stereocenters. The maximum atomic E-state index is 11.2. The summed E-state index contributed by atoms with van der Waals surface area (Å²) in [6.45, 7) is 8.27. The Kier molecular flexibility index (Phi) is 10.6. The molecular weight excluding hydrogens is 513 g/mol. The van der Waals surface area contributed by atoms with Crippen molar-refractivity contribution in [2.75, 3.05) is 0 Å². The summed E-state index contributed by atoms with van der Waals surface area (Å²) in [7, 11) is -2.87. The highest BCUT2D eigenvalue weighted by Gasteiger charge is 2.41. The first-order chi connectivity index (χ1) is 18.6. The minimum atomic E-state index is -2.87. The number of nitrogens with zero attached hydrogens (tertiary/aromatic N) is 3. The van der Waals surface area contributed by atoms with E-state index in [2.05, 4.69) is 69.1 Å². The zero-order chi connectivity index (χ0) is 28.6. The predicted octanol–water partition coefficient (Wildman–Crippen LogP) is 5.07. The van der Waals surface area contributed by atoms with E-state index < -0.39 is 26.0 Å². The predicted molar refractivity (Wildman–Crippen MR) is 151 cm³/mol. The van der Waals surface area contributed by atoms with Crippen LogP contribution in [0.5, 0.6) is 0 Å². The fourth-order valence-corrected chi connectivity index (χ4v) is 5.43. The average molecular weight is 551 g/mol. The highest BCUT2D eigenvalue weighted by molar-refractivity contribution is 7.30. The van der Waals surface area contributed by atoms with E-state index in [-0.39, 0.29) is 23.6 Å². The lowest BCUT2D eigenvalue weighted by Crippen LogP contribution is -2.39. The zero-order valence-electron chi connectivity index (χ0n) is 22.6. The Hall–Kier alpha value is -3.26. The summed E-state index contributed by atoms with van der Waals surface area (Å²) >= 11 is 0. The molecule has 0 bridgehead atoms. The highest BCUT2D eigenvalue weighted by atomic mass is 31.1. The number of aliphatic hydroxyl groups excluding tert-OH is 2. The molecule has 0 aliphatic heterocycles. The van der Waals surface area contributed by atoms with Gasteiger partial charge in [0.15, 0.2) is 5.82 Å². The number of hydrogen-bond donors (Lipinski definition) is 4. The van der Waals surface area contributed by atoms with E-state index in [1.807, 2.05) is 59.3 Å². The number of aliphatic hydroxyl groups is 2. The van der Waals surface area contributed by atoms with Gasteiger partial charge in [0, 0.05) is 4.57 Å². The molecule has 0 aliphatic carbocycles. The fraction of sp³-hybridized carbons (Fsp3) is 0.333.